The van der Waals surface area contributed by atoms with Crippen LogP contribution >= 0.6 is 11.6 Å². The van der Waals surface area contributed by atoms with Crippen molar-refractivity contribution >= 4 is 17.6 Å². The molecule has 0 saturated carbocycles. The minimum absolute atomic E-state index is 0.163. The van der Waals surface area contributed by atoms with Crippen LogP contribution in [0.2, 0.25) is 5.02 Å². The standard InChI is InChI=1S/C19H17ClN2O3/c1-12-4-3-5-13(2)18(12)24-17(23)11-10-16-21-19(22-25-16)14-6-8-15(20)9-7-14/h3-9H,10-11H2,1-2H3. The van der Waals surface area contributed by atoms with Gasteiger partial charge in [0, 0.05) is 17.0 Å². The van der Waals surface area contributed by atoms with Crippen LogP contribution in [0.4, 0.5) is 0 Å². The Labute approximate surface area is 150 Å². The first-order valence-electron chi connectivity index (χ1n) is 7.88. The molecule has 3 rings (SSSR count). The summed E-state index contributed by atoms with van der Waals surface area (Å²) in [6.07, 6.45) is 0.486. The monoisotopic (exact) mass is 356 g/mol. The Balaban J connectivity index is 1.60. The fourth-order valence-corrected chi connectivity index (χ4v) is 2.53. The van der Waals surface area contributed by atoms with Gasteiger partial charge in [-0.2, -0.15) is 4.98 Å². The van der Waals surface area contributed by atoms with E-state index in [0.29, 0.717) is 28.9 Å². The van der Waals surface area contributed by atoms with Crippen molar-refractivity contribution < 1.29 is 14.1 Å². The van der Waals surface area contributed by atoms with Gasteiger partial charge >= 0.3 is 5.97 Å². The van der Waals surface area contributed by atoms with E-state index in [1.807, 2.05) is 44.2 Å². The minimum atomic E-state index is -0.330. The van der Waals surface area contributed by atoms with E-state index in [9.17, 15) is 4.79 Å². The maximum absolute atomic E-state index is 12.1. The van der Waals surface area contributed by atoms with Crippen LogP contribution in [0.15, 0.2) is 47.0 Å². The predicted octanol–water partition coefficient (Wildman–Crippen LogP) is 4.55. The molecule has 0 aliphatic carbocycles. The molecular weight excluding hydrogens is 340 g/mol. The second-order valence-electron chi connectivity index (χ2n) is 5.71. The molecule has 25 heavy (non-hydrogen) atoms. The maximum Gasteiger partial charge on any atom is 0.311 e. The van der Waals surface area contributed by atoms with E-state index < -0.39 is 0 Å². The zero-order chi connectivity index (χ0) is 17.8. The lowest BCUT2D eigenvalue weighted by atomic mass is 10.1. The van der Waals surface area contributed by atoms with Crippen LogP contribution in [-0.2, 0) is 11.2 Å². The average molecular weight is 357 g/mol. The van der Waals surface area contributed by atoms with Crippen LogP contribution < -0.4 is 4.74 Å². The van der Waals surface area contributed by atoms with Crippen LogP contribution in [-0.4, -0.2) is 16.1 Å². The number of carbonyl (C=O) groups is 1. The number of aromatic nitrogens is 2. The average Bonchev–Trinajstić information content (AvgIpc) is 3.06. The van der Waals surface area contributed by atoms with Gasteiger partial charge in [-0.25, -0.2) is 0 Å². The number of benzene rings is 2. The fourth-order valence-electron chi connectivity index (χ4n) is 2.41. The van der Waals surface area contributed by atoms with Gasteiger partial charge in [-0.05, 0) is 49.2 Å². The summed E-state index contributed by atoms with van der Waals surface area (Å²) < 4.78 is 10.7. The lowest BCUT2D eigenvalue weighted by molar-refractivity contribution is -0.134. The van der Waals surface area contributed by atoms with Gasteiger partial charge in [0.05, 0.1) is 6.42 Å². The van der Waals surface area contributed by atoms with Gasteiger partial charge in [0.25, 0.3) is 0 Å². The van der Waals surface area contributed by atoms with Gasteiger partial charge in [0.1, 0.15) is 5.75 Å². The van der Waals surface area contributed by atoms with Crippen LogP contribution in [0.5, 0.6) is 5.75 Å². The molecule has 0 N–H and O–H groups in total. The van der Waals surface area contributed by atoms with Crippen molar-refractivity contribution in [2.75, 3.05) is 0 Å². The molecule has 0 bridgehead atoms. The molecule has 3 aromatic rings. The van der Waals surface area contributed by atoms with E-state index in [1.165, 1.54) is 0 Å². The summed E-state index contributed by atoms with van der Waals surface area (Å²) in [7, 11) is 0. The summed E-state index contributed by atoms with van der Waals surface area (Å²) in [6.45, 7) is 3.82. The van der Waals surface area contributed by atoms with Crippen LogP contribution in [0.25, 0.3) is 11.4 Å². The lowest BCUT2D eigenvalue weighted by Crippen LogP contribution is -2.10. The fraction of sp³-hybridized carbons (Fsp3) is 0.211. The topological polar surface area (TPSA) is 65.2 Å². The molecule has 0 aliphatic heterocycles. The Morgan fingerprint density at radius 2 is 1.80 bits per heavy atom. The van der Waals surface area contributed by atoms with Gasteiger partial charge < -0.3 is 9.26 Å². The van der Waals surface area contributed by atoms with E-state index in [0.717, 1.165) is 16.7 Å². The largest absolute Gasteiger partial charge is 0.426 e. The zero-order valence-corrected chi connectivity index (χ0v) is 14.7. The Morgan fingerprint density at radius 1 is 1.12 bits per heavy atom. The Morgan fingerprint density at radius 3 is 2.48 bits per heavy atom. The molecule has 0 saturated heterocycles. The first kappa shape index (κ1) is 17.2. The third-order valence-corrected chi connectivity index (χ3v) is 3.99. The van der Waals surface area contributed by atoms with Crippen LogP contribution in [0, 0.1) is 13.8 Å². The summed E-state index contributed by atoms with van der Waals surface area (Å²) >= 11 is 5.86. The van der Waals surface area contributed by atoms with Gasteiger partial charge in [-0.1, -0.05) is 35.0 Å². The van der Waals surface area contributed by atoms with Gasteiger partial charge in [0.2, 0.25) is 11.7 Å². The lowest BCUT2D eigenvalue weighted by Gasteiger charge is -2.09. The van der Waals surface area contributed by atoms with Crippen molar-refractivity contribution in [3.63, 3.8) is 0 Å². The van der Waals surface area contributed by atoms with E-state index in [2.05, 4.69) is 10.1 Å². The first-order valence-corrected chi connectivity index (χ1v) is 8.26. The number of rotatable bonds is 5. The van der Waals surface area contributed by atoms with E-state index in [1.54, 1.807) is 12.1 Å². The molecule has 1 heterocycles. The highest BCUT2D eigenvalue weighted by atomic mass is 35.5. The Kier molecular flexibility index (Phi) is 5.14. The molecular formula is C19H17ClN2O3. The molecule has 0 radical (unpaired) electrons. The van der Waals surface area contributed by atoms with Crippen LogP contribution in [0.3, 0.4) is 0 Å². The van der Waals surface area contributed by atoms with Crippen molar-refractivity contribution in [1.29, 1.82) is 0 Å². The summed E-state index contributed by atoms with van der Waals surface area (Å²) in [4.78, 5) is 16.4. The molecule has 128 valence electrons. The second-order valence-corrected chi connectivity index (χ2v) is 6.15. The summed E-state index contributed by atoms with van der Waals surface area (Å²) in [6, 6.07) is 12.9. The third-order valence-electron chi connectivity index (χ3n) is 3.74. The smallest absolute Gasteiger partial charge is 0.311 e. The highest BCUT2D eigenvalue weighted by Crippen LogP contribution is 2.23. The molecule has 0 amide bonds. The molecule has 1 aromatic heterocycles. The number of hydrogen-bond acceptors (Lipinski definition) is 5. The molecule has 0 fully saturated rings. The molecule has 2 aromatic carbocycles. The van der Waals surface area contributed by atoms with Gasteiger partial charge in [0.15, 0.2) is 0 Å². The van der Waals surface area contributed by atoms with Crippen molar-refractivity contribution in [2.45, 2.75) is 26.7 Å². The summed E-state index contributed by atoms with van der Waals surface area (Å²) in [5, 5.41) is 4.57. The molecule has 0 spiro atoms. The van der Waals surface area contributed by atoms with E-state index >= 15 is 0 Å². The normalized spacial score (nSPS) is 10.7. The number of aryl methyl sites for hydroxylation is 3. The molecule has 0 aliphatic rings. The van der Waals surface area contributed by atoms with E-state index in [4.69, 9.17) is 20.9 Å². The number of hydrogen-bond donors (Lipinski definition) is 0. The number of halogens is 1. The van der Waals surface area contributed by atoms with E-state index in [-0.39, 0.29) is 12.4 Å². The van der Waals surface area contributed by atoms with Crippen molar-refractivity contribution in [1.82, 2.24) is 10.1 Å². The van der Waals surface area contributed by atoms with Gasteiger partial charge in [-0.15, -0.1) is 0 Å². The Bertz CT molecular complexity index is 868. The number of para-hydroxylation sites is 1. The highest BCUT2D eigenvalue weighted by Gasteiger charge is 2.13. The predicted molar refractivity (Wildman–Crippen MR) is 94.6 cm³/mol. The zero-order valence-electron chi connectivity index (χ0n) is 14.0. The summed E-state index contributed by atoms with van der Waals surface area (Å²) in [5.41, 5.74) is 2.66. The van der Waals surface area contributed by atoms with Crippen molar-refractivity contribution in [2.24, 2.45) is 0 Å². The molecule has 0 atom stereocenters. The number of esters is 1. The highest BCUT2D eigenvalue weighted by molar-refractivity contribution is 6.30. The van der Waals surface area contributed by atoms with Crippen molar-refractivity contribution in [3.05, 3.63) is 64.5 Å². The number of carbonyl (C=O) groups excluding carboxylic acids is 1. The molecule has 5 nitrogen and oxygen atoms in total. The number of ether oxygens (including phenoxy) is 1. The maximum atomic E-state index is 12.1. The molecule has 6 heteroatoms. The second kappa shape index (κ2) is 7.49. The SMILES string of the molecule is Cc1cccc(C)c1OC(=O)CCc1nc(-c2ccc(Cl)cc2)no1. The van der Waals surface area contributed by atoms with Gasteiger partial charge in [-0.3, -0.25) is 4.79 Å². The quantitative estimate of drug-likeness (QED) is 0.496. The number of nitrogens with zero attached hydrogens (tertiary/aromatic N) is 2. The minimum Gasteiger partial charge on any atom is -0.426 e. The Hall–Kier alpha value is -2.66. The van der Waals surface area contributed by atoms with Crippen molar-refractivity contribution in [3.8, 4) is 17.1 Å². The first-order chi connectivity index (χ1) is 12.0. The third kappa shape index (κ3) is 4.25. The summed E-state index contributed by atoms with van der Waals surface area (Å²) in [5.74, 6) is 1.14. The van der Waals surface area contributed by atoms with Crippen LogP contribution in [0.1, 0.15) is 23.4 Å². The molecule has 0 unspecified atom stereocenters.